The van der Waals surface area contributed by atoms with Gasteiger partial charge < -0.3 is 9.80 Å². The number of rotatable bonds is 3. The van der Waals surface area contributed by atoms with E-state index in [2.05, 4.69) is 104 Å². The lowest BCUT2D eigenvalue weighted by molar-refractivity contribution is 0.295. The predicted octanol–water partition coefficient (Wildman–Crippen LogP) is 5.00. The number of benzene rings is 3. The molecule has 1 atom stereocenters. The lowest BCUT2D eigenvalue weighted by atomic mass is 9.83. The highest BCUT2D eigenvalue weighted by Crippen LogP contribution is 2.35. The van der Waals surface area contributed by atoms with Crippen molar-refractivity contribution in [2.45, 2.75) is 12.5 Å². The number of fused-ring (bicyclic) bond motifs is 1. The molecule has 0 aliphatic carbocycles. The van der Waals surface area contributed by atoms with Crippen LogP contribution in [0.2, 0.25) is 0 Å². The largest absolute Gasteiger partial charge is 0.378 e. The van der Waals surface area contributed by atoms with Crippen molar-refractivity contribution in [3.05, 3.63) is 89.5 Å². The van der Waals surface area contributed by atoms with Gasteiger partial charge in [0.1, 0.15) is 0 Å². The molecule has 4 rings (SSSR count). The molecule has 0 fully saturated rings. The second-order valence-electron chi connectivity index (χ2n) is 7.51. The molecule has 3 aromatic carbocycles. The highest BCUT2D eigenvalue weighted by Gasteiger charge is 2.24. The van der Waals surface area contributed by atoms with E-state index in [0.717, 1.165) is 13.1 Å². The second-order valence-corrected chi connectivity index (χ2v) is 7.51. The van der Waals surface area contributed by atoms with E-state index >= 15 is 0 Å². The Labute approximate surface area is 156 Å². The van der Waals surface area contributed by atoms with Crippen LogP contribution >= 0.6 is 0 Å². The molecule has 1 heterocycles. The van der Waals surface area contributed by atoms with Crippen LogP contribution in [0.4, 0.5) is 5.69 Å². The fourth-order valence-electron chi connectivity index (χ4n) is 3.95. The Bertz CT molecular complexity index is 882. The third kappa shape index (κ3) is 3.25. The van der Waals surface area contributed by atoms with E-state index in [1.54, 1.807) is 0 Å². The van der Waals surface area contributed by atoms with Gasteiger partial charge in [0.05, 0.1) is 0 Å². The van der Waals surface area contributed by atoms with Crippen molar-refractivity contribution in [3.8, 4) is 11.1 Å². The molecule has 0 saturated heterocycles. The summed E-state index contributed by atoms with van der Waals surface area (Å²) < 4.78 is 0. The van der Waals surface area contributed by atoms with Crippen molar-refractivity contribution in [1.82, 2.24) is 4.90 Å². The number of anilines is 1. The zero-order valence-electron chi connectivity index (χ0n) is 15.8. The molecule has 0 aromatic heterocycles. The minimum atomic E-state index is 0.454. The number of hydrogen-bond donors (Lipinski definition) is 0. The first-order valence-corrected chi connectivity index (χ1v) is 9.26. The van der Waals surface area contributed by atoms with E-state index in [-0.39, 0.29) is 0 Å². The van der Waals surface area contributed by atoms with Gasteiger partial charge in [0.2, 0.25) is 0 Å². The molecule has 0 radical (unpaired) electrons. The summed E-state index contributed by atoms with van der Waals surface area (Å²) in [5, 5.41) is 0. The van der Waals surface area contributed by atoms with Gasteiger partial charge >= 0.3 is 0 Å². The van der Waals surface area contributed by atoms with Gasteiger partial charge in [-0.3, -0.25) is 0 Å². The highest BCUT2D eigenvalue weighted by atomic mass is 15.1. The molecule has 132 valence electrons. The van der Waals surface area contributed by atoms with Crippen molar-refractivity contribution >= 4 is 5.69 Å². The van der Waals surface area contributed by atoms with Crippen molar-refractivity contribution in [2.75, 3.05) is 32.6 Å². The first-order valence-electron chi connectivity index (χ1n) is 9.26. The normalized spacial score (nSPS) is 17.0. The summed E-state index contributed by atoms with van der Waals surface area (Å²) in [4.78, 5) is 4.56. The minimum absolute atomic E-state index is 0.454. The van der Waals surface area contributed by atoms with Crippen molar-refractivity contribution in [1.29, 1.82) is 0 Å². The van der Waals surface area contributed by atoms with Crippen LogP contribution in [0.3, 0.4) is 0 Å². The zero-order valence-corrected chi connectivity index (χ0v) is 15.8. The van der Waals surface area contributed by atoms with Crippen LogP contribution in [-0.2, 0) is 6.54 Å². The molecule has 2 heteroatoms. The molecule has 0 unspecified atom stereocenters. The van der Waals surface area contributed by atoms with E-state index in [9.17, 15) is 0 Å². The topological polar surface area (TPSA) is 6.48 Å². The molecule has 3 aromatic rings. The molecular formula is C24H26N2. The monoisotopic (exact) mass is 342 g/mol. The predicted molar refractivity (Wildman–Crippen MR) is 111 cm³/mol. The Morgan fingerprint density at radius 3 is 2.23 bits per heavy atom. The van der Waals surface area contributed by atoms with E-state index in [1.807, 2.05) is 0 Å². The Morgan fingerprint density at radius 1 is 0.846 bits per heavy atom. The van der Waals surface area contributed by atoms with Gasteiger partial charge in [-0.2, -0.15) is 0 Å². The van der Waals surface area contributed by atoms with Crippen molar-refractivity contribution < 1.29 is 0 Å². The van der Waals surface area contributed by atoms with Crippen LogP contribution in [0, 0.1) is 0 Å². The van der Waals surface area contributed by atoms with Gasteiger partial charge in [-0.25, -0.2) is 0 Å². The Hall–Kier alpha value is -2.58. The average molecular weight is 342 g/mol. The quantitative estimate of drug-likeness (QED) is 0.661. The van der Waals surface area contributed by atoms with Gasteiger partial charge in [-0.05, 0) is 53.1 Å². The molecule has 0 amide bonds. The molecule has 0 bridgehead atoms. The third-order valence-electron chi connectivity index (χ3n) is 5.37. The standard InChI is InChI=1S/C24H26N2/c1-25(2)22-12-9-18(10-13-22)20-11-14-23-21(15-20)16-26(3)17-24(23)19-7-5-4-6-8-19/h4-15,24H,16-17H2,1-3H3/t24-/m0/s1. The van der Waals surface area contributed by atoms with Crippen molar-refractivity contribution in [2.24, 2.45) is 0 Å². The van der Waals surface area contributed by atoms with Crippen LogP contribution in [0.15, 0.2) is 72.8 Å². The fraction of sp³-hybridized carbons (Fsp3) is 0.250. The Morgan fingerprint density at radius 2 is 1.54 bits per heavy atom. The van der Waals surface area contributed by atoms with Gasteiger partial charge in [-0.1, -0.05) is 54.6 Å². The smallest absolute Gasteiger partial charge is 0.0361 e. The fourth-order valence-corrected chi connectivity index (χ4v) is 3.95. The van der Waals surface area contributed by atoms with Crippen LogP contribution in [0.5, 0.6) is 0 Å². The highest BCUT2D eigenvalue weighted by molar-refractivity contribution is 5.68. The number of nitrogens with zero attached hydrogens (tertiary/aromatic N) is 2. The molecule has 2 nitrogen and oxygen atoms in total. The van der Waals surface area contributed by atoms with E-state index < -0.39 is 0 Å². The van der Waals surface area contributed by atoms with Crippen LogP contribution in [0.25, 0.3) is 11.1 Å². The van der Waals surface area contributed by atoms with Crippen LogP contribution in [0.1, 0.15) is 22.6 Å². The Kier molecular flexibility index (Phi) is 4.52. The van der Waals surface area contributed by atoms with E-state index in [0.29, 0.717) is 5.92 Å². The molecule has 1 aliphatic heterocycles. The Balaban J connectivity index is 1.71. The summed E-state index contributed by atoms with van der Waals surface area (Å²) in [6.07, 6.45) is 0. The second kappa shape index (κ2) is 6.97. The summed E-state index contributed by atoms with van der Waals surface area (Å²) >= 11 is 0. The lowest BCUT2D eigenvalue weighted by Crippen LogP contribution is -2.30. The minimum Gasteiger partial charge on any atom is -0.378 e. The molecule has 0 spiro atoms. The molecule has 0 N–H and O–H groups in total. The average Bonchev–Trinajstić information content (AvgIpc) is 2.67. The maximum atomic E-state index is 2.43. The zero-order chi connectivity index (χ0) is 18.1. The number of likely N-dealkylation sites (N-methyl/N-ethyl adjacent to an activating group) is 1. The SMILES string of the molecule is CN1Cc2cc(-c3ccc(N(C)C)cc3)ccc2[C@H](c2ccccc2)C1. The molecule has 1 aliphatic rings. The molecule has 26 heavy (non-hydrogen) atoms. The maximum absolute atomic E-state index is 2.43. The first kappa shape index (κ1) is 16.9. The van der Waals surface area contributed by atoms with E-state index in [1.165, 1.54) is 33.5 Å². The molecular weight excluding hydrogens is 316 g/mol. The van der Waals surface area contributed by atoms with Gasteiger partial charge in [0.15, 0.2) is 0 Å². The summed E-state index contributed by atoms with van der Waals surface area (Å²) in [7, 11) is 6.37. The summed E-state index contributed by atoms with van der Waals surface area (Å²) in [5.74, 6) is 0.454. The lowest BCUT2D eigenvalue weighted by Gasteiger charge is -2.33. The summed E-state index contributed by atoms with van der Waals surface area (Å²) in [6.45, 7) is 2.09. The summed E-state index contributed by atoms with van der Waals surface area (Å²) in [5.41, 5.74) is 8.14. The van der Waals surface area contributed by atoms with Gasteiger partial charge in [-0.15, -0.1) is 0 Å². The van der Waals surface area contributed by atoms with Gasteiger partial charge in [0, 0.05) is 38.8 Å². The number of hydrogen-bond acceptors (Lipinski definition) is 2. The maximum Gasteiger partial charge on any atom is 0.0361 e. The molecule has 0 saturated carbocycles. The summed E-state index contributed by atoms with van der Waals surface area (Å²) in [6, 6.07) is 26.7. The first-order chi connectivity index (χ1) is 12.6. The van der Waals surface area contributed by atoms with Crippen LogP contribution in [-0.4, -0.2) is 32.6 Å². The van der Waals surface area contributed by atoms with Crippen molar-refractivity contribution in [3.63, 3.8) is 0 Å². The van der Waals surface area contributed by atoms with Gasteiger partial charge in [0.25, 0.3) is 0 Å². The third-order valence-corrected chi connectivity index (χ3v) is 5.37. The van der Waals surface area contributed by atoms with Crippen LogP contribution < -0.4 is 4.90 Å². The van der Waals surface area contributed by atoms with E-state index in [4.69, 9.17) is 0 Å².